The van der Waals surface area contributed by atoms with Crippen LogP contribution in [-0.2, 0) is 11.8 Å². The molecule has 1 aromatic rings. The highest BCUT2D eigenvalue weighted by atomic mass is 35.5. The molecular formula is C15H23Cl. The average Bonchev–Trinajstić information content (AvgIpc) is 2.25. The van der Waals surface area contributed by atoms with E-state index in [4.69, 9.17) is 11.6 Å². The number of hydrogen-bond acceptors (Lipinski definition) is 0. The average molecular weight is 239 g/mol. The molecule has 16 heavy (non-hydrogen) atoms. The molecule has 0 spiro atoms. The Bertz CT molecular complexity index is 305. The zero-order chi connectivity index (χ0) is 12.2. The fraction of sp³-hybridized carbons (Fsp3) is 0.600. The summed E-state index contributed by atoms with van der Waals surface area (Å²) in [6.07, 6.45) is 3.22. The summed E-state index contributed by atoms with van der Waals surface area (Å²) >= 11 is 6.12. The van der Waals surface area contributed by atoms with E-state index in [0.29, 0.717) is 5.38 Å². The largest absolute Gasteiger partial charge is 0.123 e. The highest BCUT2D eigenvalue weighted by Gasteiger charge is 2.12. The van der Waals surface area contributed by atoms with E-state index in [0.717, 1.165) is 19.3 Å². The van der Waals surface area contributed by atoms with Crippen molar-refractivity contribution in [1.29, 1.82) is 0 Å². The maximum absolute atomic E-state index is 6.12. The van der Waals surface area contributed by atoms with Crippen molar-refractivity contribution in [2.24, 2.45) is 0 Å². The normalized spacial score (nSPS) is 13.8. The molecule has 0 aliphatic rings. The molecule has 0 saturated carbocycles. The Balaban J connectivity index is 2.58. The molecule has 0 saturated heterocycles. The number of aryl methyl sites for hydroxylation is 1. The number of hydrogen-bond donors (Lipinski definition) is 0. The van der Waals surface area contributed by atoms with E-state index in [2.05, 4.69) is 52.0 Å². The smallest absolute Gasteiger partial charge is 0.0336 e. The van der Waals surface area contributed by atoms with Crippen molar-refractivity contribution in [3.8, 4) is 0 Å². The van der Waals surface area contributed by atoms with Crippen LogP contribution in [0.2, 0.25) is 0 Å². The Morgan fingerprint density at radius 2 is 1.69 bits per heavy atom. The van der Waals surface area contributed by atoms with Gasteiger partial charge in [-0.15, -0.1) is 11.6 Å². The summed E-state index contributed by atoms with van der Waals surface area (Å²) < 4.78 is 0. The zero-order valence-corrected chi connectivity index (χ0v) is 11.6. The van der Waals surface area contributed by atoms with Gasteiger partial charge in [0.2, 0.25) is 0 Å². The Labute approximate surface area is 105 Å². The lowest BCUT2D eigenvalue weighted by Gasteiger charge is -2.19. The lowest BCUT2D eigenvalue weighted by Crippen LogP contribution is -2.10. The molecule has 0 nitrogen and oxygen atoms in total. The monoisotopic (exact) mass is 238 g/mol. The van der Waals surface area contributed by atoms with Gasteiger partial charge in [0, 0.05) is 5.38 Å². The van der Waals surface area contributed by atoms with E-state index < -0.39 is 0 Å². The third-order valence-corrected chi connectivity index (χ3v) is 3.54. The van der Waals surface area contributed by atoms with Crippen molar-refractivity contribution < 1.29 is 0 Å². The lowest BCUT2D eigenvalue weighted by molar-refractivity contribution is 0.590. The molecule has 0 aliphatic heterocycles. The van der Waals surface area contributed by atoms with Gasteiger partial charge in [0.05, 0.1) is 0 Å². The van der Waals surface area contributed by atoms with Gasteiger partial charge < -0.3 is 0 Å². The van der Waals surface area contributed by atoms with Crippen LogP contribution in [-0.4, -0.2) is 5.38 Å². The highest BCUT2D eigenvalue weighted by Crippen LogP contribution is 2.22. The fourth-order valence-corrected chi connectivity index (χ4v) is 1.81. The summed E-state index contributed by atoms with van der Waals surface area (Å²) in [6, 6.07) is 8.95. The Morgan fingerprint density at radius 3 is 2.12 bits per heavy atom. The quantitative estimate of drug-likeness (QED) is 0.653. The first-order valence-electron chi connectivity index (χ1n) is 6.17. The maximum Gasteiger partial charge on any atom is 0.0336 e. The Kier molecular flexibility index (Phi) is 4.86. The molecule has 0 fully saturated rings. The van der Waals surface area contributed by atoms with Gasteiger partial charge >= 0.3 is 0 Å². The molecule has 0 aliphatic carbocycles. The van der Waals surface area contributed by atoms with Crippen LogP contribution in [0.4, 0.5) is 0 Å². The molecule has 1 rings (SSSR count). The fourth-order valence-electron chi connectivity index (χ4n) is 1.70. The van der Waals surface area contributed by atoms with Crippen LogP contribution in [0.5, 0.6) is 0 Å². The van der Waals surface area contributed by atoms with Gasteiger partial charge in [0.25, 0.3) is 0 Å². The topological polar surface area (TPSA) is 0 Å². The molecule has 0 amide bonds. The van der Waals surface area contributed by atoms with Crippen LogP contribution in [0.25, 0.3) is 0 Å². The molecule has 1 aromatic carbocycles. The van der Waals surface area contributed by atoms with Crippen molar-refractivity contribution in [1.82, 2.24) is 0 Å². The summed E-state index contributed by atoms with van der Waals surface area (Å²) in [6.45, 7) is 8.87. The second-order valence-corrected chi connectivity index (χ2v) is 6.11. The van der Waals surface area contributed by atoms with Crippen LogP contribution >= 0.6 is 11.6 Å². The van der Waals surface area contributed by atoms with Crippen molar-refractivity contribution in [3.05, 3.63) is 35.4 Å². The Hall–Kier alpha value is -0.490. The van der Waals surface area contributed by atoms with Gasteiger partial charge in [-0.05, 0) is 35.8 Å². The number of benzene rings is 1. The van der Waals surface area contributed by atoms with E-state index in [-0.39, 0.29) is 5.41 Å². The third-order valence-electron chi connectivity index (χ3n) is 3.01. The third kappa shape index (κ3) is 4.17. The van der Waals surface area contributed by atoms with E-state index in [1.807, 2.05) is 0 Å². The molecule has 90 valence electrons. The first-order valence-corrected chi connectivity index (χ1v) is 6.60. The van der Waals surface area contributed by atoms with Crippen LogP contribution in [0.15, 0.2) is 24.3 Å². The van der Waals surface area contributed by atoms with Crippen LogP contribution in [0.3, 0.4) is 0 Å². The summed E-state index contributed by atoms with van der Waals surface area (Å²) in [7, 11) is 0. The summed E-state index contributed by atoms with van der Waals surface area (Å²) in [4.78, 5) is 0. The van der Waals surface area contributed by atoms with Crippen molar-refractivity contribution in [3.63, 3.8) is 0 Å². The molecule has 1 heteroatoms. The first kappa shape index (κ1) is 13.6. The lowest BCUT2D eigenvalue weighted by atomic mass is 9.86. The molecule has 0 aromatic heterocycles. The van der Waals surface area contributed by atoms with E-state index in [1.165, 1.54) is 11.1 Å². The van der Waals surface area contributed by atoms with E-state index >= 15 is 0 Å². The number of rotatable bonds is 4. The first-order chi connectivity index (χ1) is 7.43. The second-order valence-electron chi connectivity index (χ2n) is 5.49. The van der Waals surface area contributed by atoms with E-state index in [1.54, 1.807) is 0 Å². The van der Waals surface area contributed by atoms with Gasteiger partial charge in [-0.2, -0.15) is 0 Å². The Morgan fingerprint density at radius 1 is 1.12 bits per heavy atom. The predicted octanol–water partition coefficient (Wildman–Crippen LogP) is 4.93. The summed E-state index contributed by atoms with van der Waals surface area (Å²) in [5.74, 6) is 0. The number of alkyl halides is 1. The van der Waals surface area contributed by atoms with Crippen LogP contribution < -0.4 is 0 Å². The zero-order valence-electron chi connectivity index (χ0n) is 10.9. The molecule has 0 radical (unpaired) electrons. The minimum atomic E-state index is 0.247. The second kappa shape index (κ2) is 5.72. The van der Waals surface area contributed by atoms with Crippen LogP contribution in [0.1, 0.15) is 51.7 Å². The predicted molar refractivity (Wildman–Crippen MR) is 73.4 cm³/mol. The molecule has 0 N–H and O–H groups in total. The molecular weight excluding hydrogens is 216 g/mol. The molecule has 1 atom stereocenters. The molecule has 0 bridgehead atoms. The standard InChI is InChI=1S/C15H23Cl/c1-5-14(16)11-8-12-6-9-13(10-7-12)15(2,3)4/h6-7,9-10,14H,5,8,11H2,1-4H3. The van der Waals surface area contributed by atoms with Crippen molar-refractivity contribution >= 4 is 11.6 Å². The minimum absolute atomic E-state index is 0.247. The highest BCUT2D eigenvalue weighted by molar-refractivity contribution is 6.20. The van der Waals surface area contributed by atoms with Gasteiger partial charge in [-0.3, -0.25) is 0 Å². The van der Waals surface area contributed by atoms with Gasteiger partial charge in [0.1, 0.15) is 0 Å². The van der Waals surface area contributed by atoms with Gasteiger partial charge in [-0.1, -0.05) is 52.0 Å². The SMILES string of the molecule is CCC(Cl)CCc1ccc(C(C)(C)C)cc1. The van der Waals surface area contributed by atoms with Crippen molar-refractivity contribution in [2.75, 3.05) is 0 Å². The van der Waals surface area contributed by atoms with Gasteiger partial charge in [-0.25, -0.2) is 0 Å². The van der Waals surface area contributed by atoms with E-state index in [9.17, 15) is 0 Å². The van der Waals surface area contributed by atoms with Gasteiger partial charge in [0.15, 0.2) is 0 Å². The molecule has 1 unspecified atom stereocenters. The molecule has 0 heterocycles. The van der Waals surface area contributed by atoms with Crippen molar-refractivity contribution in [2.45, 2.75) is 57.7 Å². The summed E-state index contributed by atoms with van der Waals surface area (Å²) in [5, 5.41) is 0.322. The van der Waals surface area contributed by atoms with Crippen LogP contribution in [0, 0.1) is 0 Å². The minimum Gasteiger partial charge on any atom is -0.123 e. The number of halogens is 1. The maximum atomic E-state index is 6.12. The summed E-state index contributed by atoms with van der Waals surface area (Å²) in [5.41, 5.74) is 3.04.